The Balaban J connectivity index is 1.67. The van der Waals surface area contributed by atoms with Gasteiger partial charge in [-0.2, -0.15) is 0 Å². The van der Waals surface area contributed by atoms with Crippen LogP contribution in [0.1, 0.15) is 28.0 Å². The summed E-state index contributed by atoms with van der Waals surface area (Å²) in [6.45, 7) is 2.43. The summed E-state index contributed by atoms with van der Waals surface area (Å²) in [4.78, 5) is 26.3. The quantitative estimate of drug-likeness (QED) is 0.744. The van der Waals surface area contributed by atoms with Gasteiger partial charge in [0.1, 0.15) is 11.0 Å². The molecule has 0 saturated carbocycles. The van der Waals surface area contributed by atoms with Gasteiger partial charge in [-0.3, -0.25) is 10.3 Å². The lowest BCUT2D eigenvalue weighted by Crippen LogP contribution is -2.43. The lowest BCUT2D eigenvalue weighted by atomic mass is 9.97. The Kier molecular flexibility index (Phi) is 3.69. The van der Waals surface area contributed by atoms with Crippen LogP contribution in [0.4, 0.5) is 9.93 Å². The maximum atomic E-state index is 12.8. The molecule has 9 heteroatoms. The maximum Gasteiger partial charge on any atom is 0.324 e. The molecule has 0 saturated heterocycles. The number of hydrogen-bond donors (Lipinski definition) is 2. The number of aromatic amines is 1. The molecule has 1 aliphatic rings. The van der Waals surface area contributed by atoms with Crippen LogP contribution in [-0.4, -0.2) is 42.6 Å². The molecule has 0 aromatic carbocycles. The van der Waals surface area contributed by atoms with Crippen LogP contribution in [-0.2, 0) is 6.42 Å². The molecule has 122 valence electrons. The summed E-state index contributed by atoms with van der Waals surface area (Å²) in [7, 11) is 0. The molecule has 4 heterocycles. The molecule has 0 radical (unpaired) electrons. The number of imidazole rings is 1. The fourth-order valence-corrected chi connectivity index (χ4v) is 3.46. The van der Waals surface area contributed by atoms with Crippen LogP contribution in [0.25, 0.3) is 0 Å². The number of rotatable bonds is 2. The molecule has 4 rings (SSSR count). The third-order valence-corrected chi connectivity index (χ3v) is 4.68. The summed E-state index contributed by atoms with van der Waals surface area (Å²) >= 11 is 1.35. The standard InChI is InChI=1S/C15H15N7OS/c1-9-20-21-14(24-9)19-15(23)22-6-4-11-12(18-8-17-11)13(22)10-3-2-5-16-7-10/h2-3,5,7-8,13H,4,6H2,1H3,(H,17,18)(H,19,21,23). The van der Waals surface area contributed by atoms with Crippen molar-refractivity contribution in [3.63, 3.8) is 0 Å². The van der Waals surface area contributed by atoms with Crippen LogP contribution in [0, 0.1) is 6.92 Å². The van der Waals surface area contributed by atoms with Gasteiger partial charge in [0.25, 0.3) is 0 Å². The number of carbonyl (C=O) groups is 1. The molecule has 0 aliphatic carbocycles. The van der Waals surface area contributed by atoms with Gasteiger partial charge >= 0.3 is 6.03 Å². The molecule has 2 amide bonds. The van der Waals surface area contributed by atoms with Crippen LogP contribution >= 0.6 is 11.3 Å². The second kappa shape index (κ2) is 6.00. The number of pyridine rings is 1. The average Bonchev–Trinajstić information content (AvgIpc) is 3.23. The topological polar surface area (TPSA) is 99.7 Å². The number of aromatic nitrogens is 5. The number of aryl methyl sites for hydroxylation is 1. The highest BCUT2D eigenvalue weighted by molar-refractivity contribution is 7.15. The number of urea groups is 1. The fourth-order valence-electron chi connectivity index (χ4n) is 2.88. The van der Waals surface area contributed by atoms with Gasteiger partial charge in [-0.05, 0) is 18.6 Å². The van der Waals surface area contributed by atoms with Crippen LogP contribution in [0.3, 0.4) is 0 Å². The van der Waals surface area contributed by atoms with E-state index in [2.05, 4.69) is 30.5 Å². The molecule has 24 heavy (non-hydrogen) atoms. The molecular weight excluding hydrogens is 326 g/mol. The highest BCUT2D eigenvalue weighted by Gasteiger charge is 2.34. The van der Waals surface area contributed by atoms with Crippen molar-refractivity contribution in [1.82, 2.24) is 30.0 Å². The van der Waals surface area contributed by atoms with Crippen LogP contribution < -0.4 is 5.32 Å². The van der Waals surface area contributed by atoms with Gasteiger partial charge in [-0.25, -0.2) is 9.78 Å². The first kappa shape index (κ1) is 14.8. The summed E-state index contributed by atoms with van der Waals surface area (Å²) in [6, 6.07) is 3.33. The van der Waals surface area contributed by atoms with E-state index < -0.39 is 0 Å². The van der Waals surface area contributed by atoms with Gasteiger partial charge < -0.3 is 9.88 Å². The lowest BCUT2D eigenvalue weighted by Gasteiger charge is -2.34. The molecule has 0 bridgehead atoms. The van der Waals surface area contributed by atoms with E-state index in [1.54, 1.807) is 23.6 Å². The van der Waals surface area contributed by atoms with E-state index in [4.69, 9.17) is 0 Å². The van der Waals surface area contributed by atoms with E-state index >= 15 is 0 Å². The molecule has 1 aliphatic heterocycles. The van der Waals surface area contributed by atoms with Gasteiger partial charge in [0.15, 0.2) is 0 Å². The van der Waals surface area contributed by atoms with Crippen LogP contribution in [0.2, 0.25) is 0 Å². The number of anilines is 1. The van der Waals surface area contributed by atoms with Gasteiger partial charge in [0, 0.05) is 31.1 Å². The van der Waals surface area contributed by atoms with Gasteiger partial charge in [0.05, 0.1) is 12.0 Å². The third-order valence-electron chi connectivity index (χ3n) is 3.93. The Morgan fingerprint density at radius 2 is 2.38 bits per heavy atom. The van der Waals surface area contributed by atoms with Crippen molar-refractivity contribution < 1.29 is 4.79 Å². The zero-order chi connectivity index (χ0) is 16.5. The summed E-state index contributed by atoms with van der Waals surface area (Å²) in [6.07, 6.45) is 5.88. The Morgan fingerprint density at radius 3 is 3.12 bits per heavy atom. The molecule has 0 spiro atoms. The van der Waals surface area contributed by atoms with Crippen molar-refractivity contribution >= 4 is 22.5 Å². The number of amides is 2. The lowest BCUT2D eigenvalue weighted by molar-refractivity contribution is 0.192. The van der Waals surface area contributed by atoms with Crippen molar-refractivity contribution in [2.45, 2.75) is 19.4 Å². The second-order valence-electron chi connectivity index (χ2n) is 5.46. The zero-order valence-corrected chi connectivity index (χ0v) is 13.7. The van der Waals surface area contributed by atoms with E-state index in [1.807, 2.05) is 19.1 Å². The third kappa shape index (κ3) is 2.62. The number of fused-ring (bicyclic) bond motifs is 1. The molecule has 1 atom stereocenters. The van der Waals surface area contributed by atoms with Crippen molar-refractivity contribution in [1.29, 1.82) is 0 Å². The Morgan fingerprint density at radius 1 is 1.46 bits per heavy atom. The summed E-state index contributed by atoms with van der Waals surface area (Å²) in [5.41, 5.74) is 2.84. The van der Waals surface area contributed by atoms with Crippen LogP contribution in [0.15, 0.2) is 30.9 Å². The molecule has 1 unspecified atom stereocenters. The minimum Gasteiger partial charge on any atom is -0.348 e. The smallest absolute Gasteiger partial charge is 0.324 e. The van der Waals surface area contributed by atoms with Crippen molar-refractivity contribution in [3.8, 4) is 0 Å². The highest BCUT2D eigenvalue weighted by atomic mass is 32.1. The molecule has 3 aromatic heterocycles. The summed E-state index contributed by atoms with van der Waals surface area (Å²) in [5.74, 6) is 0. The largest absolute Gasteiger partial charge is 0.348 e. The molecule has 0 fully saturated rings. The predicted octanol–water partition coefficient (Wildman–Crippen LogP) is 2.14. The average molecular weight is 341 g/mol. The summed E-state index contributed by atoms with van der Waals surface area (Å²) in [5, 5.41) is 12.0. The predicted molar refractivity (Wildman–Crippen MR) is 88.7 cm³/mol. The van der Waals surface area contributed by atoms with E-state index in [0.29, 0.717) is 11.7 Å². The Bertz CT molecular complexity index is 860. The SMILES string of the molecule is Cc1nnc(NC(=O)N2CCc3[nH]cnc3C2c2cccnc2)s1. The first-order valence-electron chi connectivity index (χ1n) is 7.52. The maximum absolute atomic E-state index is 12.8. The van der Waals surface area contributed by atoms with Gasteiger partial charge in [-0.15, -0.1) is 10.2 Å². The first-order chi connectivity index (χ1) is 11.7. The molecular formula is C15H15N7OS. The van der Waals surface area contributed by atoms with Gasteiger partial charge in [0.2, 0.25) is 5.13 Å². The molecule has 8 nitrogen and oxygen atoms in total. The Hall–Kier alpha value is -2.81. The van der Waals surface area contributed by atoms with Crippen LogP contribution in [0.5, 0.6) is 0 Å². The van der Waals surface area contributed by atoms with Crippen molar-refractivity contribution in [2.75, 3.05) is 11.9 Å². The molecule has 2 N–H and O–H groups in total. The second-order valence-corrected chi connectivity index (χ2v) is 6.64. The zero-order valence-electron chi connectivity index (χ0n) is 12.9. The number of hydrogen-bond acceptors (Lipinski definition) is 6. The monoisotopic (exact) mass is 341 g/mol. The van der Waals surface area contributed by atoms with Crippen molar-refractivity contribution in [3.05, 3.63) is 52.8 Å². The highest BCUT2D eigenvalue weighted by Crippen LogP contribution is 2.33. The minimum absolute atomic E-state index is 0.214. The van der Waals surface area contributed by atoms with Gasteiger partial charge in [-0.1, -0.05) is 17.4 Å². The normalized spacial score (nSPS) is 16.7. The first-order valence-corrected chi connectivity index (χ1v) is 8.34. The summed E-state index contributed by atoms with van der Waals surface area (Å²) < 4.78 is 0. The van der Waals surface area contributed by atoms with E-state index in [-0.39, 0.29) is 12.1 Å². The fraction of sp³-hybridized carbons (Fsp3) is 0.267. The van der Waals surface area contributed by atoms with E-state index in [0.717, 1.165) is 28.4 Å². The number of carbonyl (C=O) groups excluding carboxylic acids is 1. The van der Waals surface area contributed by atoms with Crippen molar-refractivity contribution in [2.24, 2.45) is 0 Å². The van der Waals surface area contributed by atoms with E-state index in [1.165, 1.54) is 11.3 Å². The number of nitrogens with one attached hydrogen (secondary N) is 2. The Labute approximate surface area is 142 Å². The number of H-pyrrole nitrogens is 1. The minimum atomic E-state index is -0.275. The van der Waals surface area contributed by atoms with E-state index in [9.17, 15) is 4.79 Å². The molecule has 3 aromatic rings. The number of nitrogens with zero attached hydrogens (tertiary/aromatic N) is 5.